The van der Waals surface area contributed by atoms with E-state index in [4.69, 9.17) is 4.74 Å². The molecule has 2 heterocycles. The summed E-state index contributed by atoms with van der Waals surface area (Å²) in [5.74, 6) is -0.129. The van der Waals surface area contributed by atoms with Crippen molar-refractivity contribution in [3.05, 3.63) is 34.7 Å². The molecule has 1 atom stereocenters. The van der Waals surface area contributed by atoms with E-state index in [0.29, 0.717) is 18.0 Å². The lowest BCUT2D eigenvalue weighted by Crippen LogP contribution is -2.46. The number of fused-ring (bicyclic) bond motifs is 1. The van der Waals surface area contributed by atoms with Gasteiger partial charge in [-0.3, -0.25) is 4.79 Å². The van der Waals surface area contributed by atoms with Gasteiger partial charge >= 0.3 is 0 Å². The fraction of sp³-hybridized carbons (Fsp3) is 0.571. The Morgan fingerprint density at radius 1 is 1.24 bits per heavy atom. The van der Waals surface area contributed by atoms with Crippen molar-refractivity contribution in [2.45, 2.75) is 56.9 Å². The first-order valence-electron chi connectivity index (χ1n) is 10.3. The molecule has 1 unspecified atom stereocenters. The lowest BCUT2D eigenvalue weighted by molar-refractivity contribution is -0.00220. The van der Waals surface area contributed by atoms with Gasteiger partial charge in [0.1, 0.15) is 0 Å². The Kier molecular flexibility index (Phi) is 5.97. The average Bonchev–Trinajstić information content (AvgIpc) is 3.36. The van der Waals surface area contributed by atoms with Gasteiger partial charge in [-0.1, -0.05) is 31.0 Å². The van der Waals surface area contributed by atoms with E-state index in [2.05, 4.69) is 5.32 Å². The van der Waals surface area contributed by atoms with E-state index >= 15 is 0 Å². The van der Waals surface area contributed by atoms with Gasteiger partial charge in [-0.15, -0.1) is 11.3 Å². The van der Waals surface area contributed by atoms with Gasteiger partial charge in [0.05, 0.1) is 22.8 Å². The molecule has 1 N–H and O–H groups in total. The maximum atomic E-state index is 13.1. The van der Waals surface area contributed by atoms with Crippen molar-refractivity contribution in [1.29, 1.82) is 0 Å². The summed E-state index contributed by atoms with van der Waals surface area (Å²) in [6.07, 6.45) is 3.00. The molecule has 2 aromatic rings. The van der Waals surface area contributed by atoms with Gasteiger partial charge in [-0.2, -0.15) is 4.31 Å². The van der Waals surface area contributed by atoms with Crippen LogP contribution in [0.1, 0.15) is 60.9 Å². The number of thiophene rings is 1. The quantitative estimate of drug-likeness (QED) is 0.776. The van der Waals surface area contributed by atoms with E-state index in [1.165, 1.54) is 11.3 Å². The number of sulfonamides is 1. The van der Waals surface area contributed by atoms with Crippen LogP contribution in [0.5, 0.6) is 0 Å². The van der Waals surface area contributed by atoms with Crippen molar-refractivity contribution in [3.63, 3.8) is 0 Å². The van der Waals surface area contributed by atoms with Crippen molar-refractivity contribution in [3.8, 4) is 0 Å². The third kappa shape index (κ3) is 4.08. The Hall–Kier alpha value is -1.48. The van der Waals surface area contributed by atoms with Crippen LogP contribution in [0.2, 0.25) is 0 Å². The van der Waals surface area contributed by atoms with Gasteiger partial charge in [0.15, 0.2) is 0 Å². The zero-order chi connectivity index (χ0) is 20.6. The second-order valence-electron chi connectivity index (χ2n) is 8.14. The third-order valence-corrected chi connectivity index (χ3v) is 9.25. The fourth-order valence-electron chi connectivity index (χ4n) is 4.31. The maximum Gasteiger partial charge on any atom is 0.261 e. The summed E-state index contributed by atoms with van der Waals surface area (Å²) < 4.78 is 34.9. The van der Waals surface area contributed by atoms with Crippen LogP contribution in [0.15, 0.2) is 24.3 Å². The Morgan fingerprint density at radius 2 is 1.97 bits per heavy atom. The predicted octanol–water partition coefficient (Wildman–Crippen LogP) is 3.69. The van der Waals surface area contributed by atoms with Crippen LogP contribution >= 0.6 is 11.3 Å². The number of benzene rings is 1. The van der Waals surface area contributed by atoms with Crippen LogP contribution < -0.4 is 5.32 Å². The number of carbonyl (C=O) groups excluding carboxylic acids is 1. The Labute approximate surface area is 176 Å². The normalized spacial score (nSPS) is 21.8. The molecule has 4 rings (SSSR count). The summed E-state index contributed by atoms with van der Waals surface area (Å²) in [7, 11) is -3.33. The number of nitrogens with one attached hydrogen (secondary N) is 1. The largest absolute Gasteiger partial charge is 0.371 e. The molecule has 1 aromatic heterocycles. The Balaban J connectivity index is 1.69. The Bertz CT molecular complexity index is 993. The zero-order valence-corrected chi connectivity index (χ0v) is 18.5. The van der Waals surface area contributed by atoms with E-state index in [9.17, 15) is 13.2 Å². The second kappa shape index (κ2) is 8.34. The number of nitrogens with zero attached hydrogens (tertiary/aromatic N) is 1. The lowest BCUT2D eigenvalue weighted by Gasteiger charge is -2.34. The predicted molar refractivity (Wildman–Crippen MR) is 116 cm³/mol. The van der Waals surface area contributed by atoms with Crippen LogP contribution in [-0.4, -0.2) is 49.6 Å². The van der Waals surface area contributed by atoms with Crippen molar-refractivity contribution < 1.29 is 17.9 Å². The topological polar surface area (TPSA) is 75.7 Å². The van der Waals surface area contributed by atoms with E-state index in [1.54, 1.807) is 4.31 Å². The van der Waals surface area contributed by atoms with E-state index in [1.807, 2.05) is 38.1 Å². The molecule has 1 saturated heterocycles. The molecule has 2 fully saturated rings. The molecule has 29 heavy (non-hydrogen) atoms. The summed E-state index contributed by atoms with van der Waals surface area (Å²) in [6.45, 7) is 4.84. The molecule has 1 aliphatic heterocycles. The standard InChI is InChI=1S/C21H28N2O4S2/c1-14(2)22-21(24)20-19(16-9-5-6-10-18(16)28-20)17-13-23(11-12-27-17)29(25,26)15-7-3-4-8-15/h5-6,9-10,14-15,17H,3-4,7-8,11-13H2,1-2H3,(H,22,24). The van der Waals surface area contributed by atoms with Gasteiger partial charge in [0, 0.05) is 29.4 Å². The van der Waals surface area contributed by atoms with Crippen molar-refractivity contribution in [1.82, 2.24) is 9.62 Å². The second-order valence-corrected chi connectivity index (χ2v) is 11.4. The van der Waals surface area contributed by atoms with Gasteiger partial charge < -0.3 is 10.1 Å². The van der Waals surface area contributed by atoms with Crippen molar-refractivity contribution in [2.24, 2.45) is 0 Å². The molecule has 8 heteroatoms. The molecule has 1 amide bonds. The number of ether oxygens (including phenoxy) is 1. The average molecular weight is 437 g/mol. The number of carbonyl (C=O) groups is 1. The molecular weight excluding hydrogens is 408 g/mol. The lowest BCUT2D eigenvalue weighted by atomic mass is 10.0. The molecule has 6 nitrogen and oxygen atoms in total. The van der Waals surface area contributed by atoms with E-state index < -0.39 is 16.1 Å². The zero-order valence-electron chi connectivity index (χ0n) is 16.9. The SMILES string of the molecule is CC(C)NC(=O)c1sc2ccccc2c1C1CN(S(=O)(=O)C2CCCC2)CCO1. The molecule has 0 spiro atoms. The first-order valence-corrected chi connectivity index (χ1v) is 12.6. The van der Waals surface area contributed by atoms with Crippen LogP contribution in [0, 0.1) is 0 Å². The van der Waals surface area contributed by atoms with Gasteiger partial charge in [-0.25, -0.2) is 8.42 Å². The fourth-order valence-corrected chi connectivity index (χ4v) is 7.49. The summed E-state index contributed by atoms with van der Waals surface area (Å²) in [6, 6.07) is 7.89. The highest BCUT2D eigenvalue weighted by Crippen LogP contribution is 2.39. The van der Waals surface area contributed by atoms with Gasteiger partial charge in [-0.05, 0) is 38.1 Å². The number of amides is 1. The van der Waals surface area contributed by atoms with Crippen molar-refractivity contribution >= 4 is 37.4 Å². The smallest absolute Gasteiger partial charge is 0.261 e. The highest BCUT2D eigenvalue weighted by Gasteiger charge is 2.39. The summed E-state index contributed by atoms with van der Waals surface area (Å²) in [4.78, 5) is 13.5. The first kappa shape index (κ1) is 20.8. The molecule has 0 radical (unpaired) electrons. The first-order chi connectivity index (χ1) is 13.9. The minimum absolute atomic E-state index is 0.0204. The van der Waals surface area contributed by atoms with Crippen LogP contribution in [0.4, 0.5) is 0 Å². The summed E-state index contributed by atoms with van der Waals surface area (Å²) in [5, 5.41) is 3.66. The molecule has 0 bridgehead atoms. The monoisotopic (exact) mass is 436 g/mol. The summed E-state index contributed by atoms with van der Waals surface area (Å²) in [5.41, 5.74) is 0.815. The number of hydrogen-bond donors (Lipinski definition) is 1. The number of morpholine rings is 1. The van der Waals surface area contributed by atoms with Gasteiger partial charge in [0.2, 0.25) is 10.0 Å². The van der Waals surface area contributed by atoms with Crippen LogP contribution in [0.25, 0.3) is 10.1 Å². The summed E-state index contributed by atoms with van der Waals surface area (Å²) >= 11 is 1.44. The highest BCUT2D eigenvalue weighted by molar-refractivity contribution is 7.89. The van der Waals surface area contributed by atoms with Crippen molar-refractivity contribution in [2.75, 3.05) is 19.7 Å². The number of hydrogen-bond acceptors (Lipinski definition) is 5. The molecule has 158 valence electrons. The molecule has 2 aliphatic rings. The highest BCUT2D eigenvalue weighted by atomic mass is 32.2. The molecular formula is C21H28N2O4S2. The molecule has 1 aromatic carbocycles. The van der Waals surface area contributed by atoms with E-state index in [0.717, 1.165) is 41.3 Å². The maximum absolute atomic E-state index is 13.1. The minimum atomic E-state index is -3.33. The minimum Gasteiger partial charge on any atom is -0.371 e. The molecule has 1 saturated carbocycles. The van der Waals surface area contributed by atoms with Crippen LogP contribution in [-0.2, 0) is 14.8 Å². The van der Waals surface area contributed by atoms with E-state index in [-0.39, 0.29) is 23.7 Å². The Morgan fingerprint density at radius 3 is 2.69 bits per heavy atom. The van der Waals surface area contributed by atoms with Gasteiger partial charge in [0.25, 0.3) is 5.91 Å². The molecule has 1 aliphatic carbocycles. The third-order valence-electron chi connectivity index (χ3n) is 5.69. The van der Waals surface area contributed by atoms with Crippen LogP contribution in [0.3, 0.4) is 0 Å². The number of rotatable bonds is 5.